The average molecular weight is 328 g/mol. The Kier molecular flexibility index (Phi) is 4.38. The van der Waals surface area contributed by atoms with Crippen molar-refractivity contribution < 1.29 is 6.22 Å². The molecule has 24 heavy (non-hydrogen) atoms. The van der Waals surface area contributed by atoms with E-state index in [2.05, 4.69) is 34.5 Å². The van der Waals surface area contributed by atoms with E-state index in [4.69, 9.17) is 0 Å². The summed E-state index contributed by atoms with van der Waals surface area (Å²) < 4.78 is 0. The molecule has 1 heterocycles. The first-order valence-corrected chi connectivity index (χ1v) is 9.78. The fourth-order valence-corrected chi connectivity index (χ4v) is 5.51. The molecule has 1 spiro atoms. The minimum atomic E-state index is 0. The van der Waals surface area contributed by atoms with Crippen LogP contribution in [0.1, 0.15) is 76.9 Å². The monoisotopic (exact) mass is 328 g/mol. The molecule has 132 valence electrons. The van der Waals surface area contributed by atoms with E-state index in [-0.39, 0.29) is 18.8 Å². The number of rotatable bonds is 2. The third-order valence-electron chi connectivity index (χ3n) is 6.73. The summed E-state index contributed by atoms with van der Waals surface area (Å²) >= 11 is 0. The lowest BCUT2D eigenvalue weighted by Crippen LogP contribution is -2.47. The molecule has 0 bridgehead atoms. The first-order valence-electron chi connectivity index (χ1n) is 9.78. The predicted octanol–water partition coefficient (Wildman–Crippen LogP) is 4.18. The number of amides is 1. The zero-order chi connectivity index (χ0) is 16.6. The Morgan fingerprint density at radius 2 is 1.88 bits per heavy atom. The highest BCUT2D eigenvalue weighted by molar-refractivity contribution is 5.73. The number of hydrogen-bond donors (Lipinski definition) is 1. The molecule has 0 radical (unpaired) electrons. The highest BCUT2D eigenvalue weighted by Gasteiger charge is 2.46. The Balaban J connectivity index is 0.00000182. The molecule has 1 aromatic carbocycles. The maximum Gasteiger partial charge on any atom is 0.217 e. The largest absolute Gasteiger partial charge is 0.349 e. The molecule has 4 rings (SSSR count). The summed E-state index contributed by atoms with van der Waals surface area (Å²) in [5, 5.41) is 3.19. The highest BCUT2D eigenvalue weighted by atomic mass is 16.1. The van der Waals surface area contributed by atoms with Gasteiger partial charge in [-0.15, -0.1) is 0 Å². The van der Waals surface area contributed by atoms with Gasteiger partial charge in [-0.2, -0.15) is 0 Å². The minimum absolute atomic E-state index is 0. The molecular formula is C21H32N2O. The van der Waals surface area contributed by atoms with Gasteiger partial charge in [-0.3, -0.25) is 4.79 Å². The standard InChI is InChI=1S/C21H30N2O.H2/c1-16(24)22-20-15-21(19-10-6-5-9-18(19)20)11-13-23(14-12-21)17-7-3-2-4-8-17;/h5-6,9-10,17,20H,2-4,7-8,11-15H2,1H3,(H,22,24);1H/t20-;/m0./s1. The smallest absolute Gasteiger partial charge is 0.217 e. The SMILES string of the molecule is CC(=O)N[C@H]1CC2(CCN(C3CCCCC3)CC2)c2ccccc21.[HH]. The van der Waals surface area contributed by atoms with E-state index >= 15 is 0 Å². The van der Waals surface area contributed by atoms with Gasteiger partial charge in [-0.1, -0.05) is 43.5 Å². The minimum Gasteiger partial charge on any atom is -0.349 e. The van der Waals surface area contributed by atoms with Gasteiger partial charge < -0.3 is 10.2 Å². The van der Waals surface area contributed by atoms with Crippen LogP contribution < -0.4 is 5.32 Å². The number of nitrogens with one attached hydrogen (secondary N) is 1. The Labute approximate surface area is 147 Å². The van der Waals surface area contributed by atoms with Crippen LogP contribution in [0.4, 0.5) is 0 Å². The molecular weight excluding hydrogens is 296 g/mol. The number of nitrogens with zero attached hydrogens (tertiary/aromatic N) is 1. The Hall–Kier alpha value is -1.35. The van der Waals surface area contributed by atoms with E-state index in [1.165, 1.54) is 69.2 Å². The molecule has 3 nitrogen and oxygen atoms in total. The van der Waals surface area contributed by atoms with Crippen molar-refractivity contribution >= 4 is 5.91 Å². The molecule has 1 saturated carbocycles. The van der Waals surface area contributed by atoms with Gasteiger partial charge in [0.05, 0.1) is 6.04 Å². The second-order valence-corrected chi connectivity index (χ2v) is 8.15. The lowest BCUT2D eigenvalue weighted by molar-refractivity contribution is -0.119. The van der Waals surface area contributed by atoms with E-state index in [1.807, 2.05) is 0 Å². The van der Waals surface area contributed by atoms with Gasteiger partial charge in [0, 0.05) is 19.8 Å². The first kappa shape index (κ1) is 16.1. The number of carbonyl (C=O) groups is 1. The Morgan fingerprint density at radius 3 is 2.58 bits per heavy atom. The number of benzene rings is 1. The van der Waals surface area contributed by atoms with Gasteiger partial charge in [-0.25, -0.2) is 0 Å². The summed E-state index contributed by atoms with van der Waals surface area (Å²) in [6, 6.07) is 9.86. The fraction of sp³-hybridized carbons (Fsp3) is 0.667. The second-order valence-electron chi connectivity index (χ2n) is 8.15. The molecule has 1 aliphatic heterocycles. The third-order valence-corrected chi connectivity index (χ3v) is 6.73. The predicted molar refractivity (Wildman–Crippen MR) is 99.1 cm³/mol. The summed E-state index contributed by atoms with van der Waals surface area (Å²) in [5.41, 5.74) is 3.15. The summed E-state index contributed by atoms with van der Waals surface area (Å²) in [5.74, 6) is 0.0893. The number of piperidine rings is 1. The van der Waals surface area contributed by atoms with Gasteiger partial charge in [0.15, 0.2) is 0 Å². The maximum atomic E-state index is 11.6. The molecule has 1 N–H and O–H groups in total. The van der Waals surface area contributed by atoms with Crippen molar-refractivity contribution in [2.45, 2.75) is 75.8 Å². The molecule has 1 aromatic rings. The summed E-state index contributed by atoms with van der Waals surface area (Å²) in [6.45, 7) is 4.09. The zero-order valence-electron chi connectivity index (χ0n) is 14.9. The van der Waals surface area contributed by atoms with Crippen LogP contribution in [-0.2, 0) is 10.2 Å². The van der Waals surface area contributed by atoms with E-state index in [0.717, 1.165) is 12.5 Å². The molecule has 1 amide bonds. The number of fused-ring (bicyclic) bond motifs is 2. The summed E-state index contributed by atoms with van der Waals surface area (Å²) in [7, 11) is 0. The van der Waals surface area contributed by atoms with E-state index in [0.29, 0.717) is 0 Å². The van der Waals surface area contributed by atoms with Crippen LogP contribution in [0.3, 0.4) is 0 Å². The van der Waals surface area contributed by atoms with Crippen LogP contribution in [0.15, 0.2) is 24.3 Å². The third kappa shape index (κ3) is 2.88. The van der Waals surface area contributed by atoms with Crippen molar-refractivity contribution in [1.82, 2.24) is 10.2 Å². The average Bonchev–Trinajstić information content (AvgIpc) is 2.90. The van der Waals surface area contributed by atoms with Gasteiger partial charge in [0.25, 0.3) is 0 Å². The topological polar surface area (TPSA) is 32.3 Å². The maximum absolute atomic E-state index is 11.6. The summed E-state index contributed by atoms with van der Waals surface area (Å²) in [6.07, 6.45) is 10.6. The van der Waals surface area contributed by atoms with Gasteiger partial charge >= 0.3 is 0 Å². The van der Waals surface area contributed by atoms with Crippen LogP contribution in [0, 0.1) is 0 Å². The number of hydrogen-bond acceptors (Lipinski definition) is 2. The fourth-order valence-electron chi connectivity index (χ4n) is 5.51. The summed E-state index contributed by atoms with van der Waals surface area (Å²) in [4.78, 5) is 14.4. The number of carbonyl (C=O) groups excluding carboxylic acids is 1. The normalized spacial score (nSPS) is 27.1. The van der Waals surface area contributed by atoms with E-state index in [1.54, 1.807) is 6.92 Å². The van der Waals surface area contributed by atoms with E-state index < -0.39 is 0 Å². The van der Waals surface area contributed by atoms with Gasteiger partial charge in [-0.05, 0) is 56.3 Å². The molecule has 0 unspecified atom stereocenters. The van der Waals surface area contributed by atoms with Crippen LogP contribution in [-0.4, -0.2) is 29.9 Å². The molecule has 2 aliphatic carbocycles. The molecule has 2 fully saturated rings. The highest BCUT2D eigenvalue weighted by Crippen LogP contribution is 2.51. The van der Waals surface area contributed by atoms with Gasteiger partial charge in [0.2, 0.25) is 5.91 Å². The van der Waals surface area contributed by atoms with Crippen molar-refractivity contribution in [3.63, 3.8) is 0 Å². The molecule has 3 aliphatic rings. The second kappa shape index (κ2) is 6.51. The van der Waals surface area contributed by atoms with E-state index in [9.17, 15) is 4.79 Å². The molecule has 0 aromatic heterocycles. The zero-order valence-corrected chi connectivity index (χ0v) is 14.9. The quantitative estimate of drug-likeness (QED) is 0.883. The van der Waals surface area contributed by atoms with Crippen molar-refractivity contribution in [3.05, 3.63) is 35.4 Å². The lowest BCUT2D eigenvalue weighted by atomic mass is 9.73. The van der Waals surface area contributed by atoms with Crippen molar-refractivity contribution in [2.24, 2.45) is 0 Å². The van der Waals surface area contributed by atoms with Crippen LogP contribution in [0.5, 0.6) is 0 Å². The first-order chi connectivity index (χ1) is 11.7. The Morgan fingerprint density at radius 1 is 1.17 bits per heavy atom. The van der Waals surface area contributed by atoms with Crippen molar-refractivity contribution in [3.8, 4) is 0 Å². The van der Waals surface area contributed by atoms with Crippen LogP contribution in [0.25, 0.3) is 0 Å². The molecule has 3 heteroatoms. The Bertz CT molecular complexity index is 604. The lowest BCUT2D eigenvalue weighted by Gasteiger charge is -2.44. The molecule has 1 atom stereocenters. The number of likely N-dealkylation sites (tertiary alicyclic amines) is 1. The van der Waals surface area contributed by atoms with Crippen molar-refractivity contribution in [2.75, 3.05) is 13.1 Å². The van der Waals surface area contributed by atoms with Gasteiger partial charge in [0.1, 0.15) is 0 Å². The van der Waals surface area contributed by atoms with Crippen LogP contribution in [0.2, 0.25) is 0 Å². The van der Waals surface area contributed by atoms with Crippen LogP contribution >= 0.6 is 0 Å². The molecule has 1 saturated heterocycles. The van der Waals surface area contributed by atoms with Crippen molar-refractivity contribution in [1.29, 1.82) is 0 Å².